The summed E-state index contributed by atoms with van der Waals surface area (Å²) in [7, 11) is 1.57. The Balaban J connectivity index is 1.87. The molecule has 190 valence electrons. The van der Waals surface area contributed by atoms with E-state index in [9.17, 15) is 9.59 Å². The molecular weight excluding hydrogens is 438 g/mol. The highest BCUT2D eigenvalue weighted by molar-refractivity contribution is 6.00. The number of Topliss-reactive ketones (excluding diaryl/α,β-unsaturated/α-hetero) is 2. The fraction of sp³-hybridized carbons (Fsp3) is 0.517. The van der Waals surface area contributed by atoms with Gasteiger partial charge in [0.15, 0.2) is 11.6 Å². The first-order chi connectivity index (χ1) is 16.7. The number of ketones is 2. The van der Waals surface area contributed by atoms with Crippen LogP contribution in [0.1, 0.15) is 73.2 Å². The first-order valence-electron chi connectivity index (χ1n) is 12.8. The standard InChI is InChI=1S/C29H41N3O3/c1-6-14-32(23-9-10-24(26(33)19-30)28(18-23)35-5)25-11-8-22(17-21(25)7-2)27(34)20-31-15-12-29(3,4)13-16-31/h8-11,17-18H,6-7,12-16,19-20,30H2,1-5H3. The van der Waals surface area contributed by atoms with Crippen LogP contribution in [-0.4, -0.2) is 56.3 Å². The van der Waals surface area contributed by atoms with Crippen LogP contribution in [0.2, 0.25) is 0 Å². The summed E-state index contributed by atoms with van der Waals surface area (Å²) in [6.07, 6.45) is 4.02. The molecule has 35 heavy (non-hydrogen) atoms. The molecule has 0 amide bonds. The lowest BCUT2D eigenvalue weighted by atomic mass is 9.82. The molecule has 3 rings (SSSR count). The average molecular weight is 480 g/mol. The Morgan fingerprint density at radius 1 is 1.06 bits per heavy atom. The number of aryl methyl sites for hydroxylation is 1. The Bertz CT molecular complexity index is 1040. The number of carbonyl (C=O) groups excluding carboxylic acids is 2. The van der Waals surface area contributed by atoms with Crippen LogP contribution >= 0.6 is 0 Å². The number of ether oxygens (including phenoxy) is 1. The summed E-state index contributed by atoms with van der Waals surface area (Å²) in [4.78, 5) is 29.8. The number of methoxy groups -OCH3 is 1. The highest BCUT2D eigenvalue weighted by Crippen LogP contribution is 2.34. The molecule has 0 aliphatic carbocycles. The van der Waals surface area contributed by atoms with E-state index in [1.807, 2.05) is 18.2 Å². The zero-order valence-electron chi connectivity index (χ0n) is 22.0. The lowest BCUT2D eigenvalue weighted by molar-refractivity contribution is 0.0845. The maximum atomic E-state index is 13.1. The minimum atomic E-state index is -0.148. The Morgan fingerprint density at radius 3 is 2.37 bits per heavy atom. The molecule has 0 saturated carbocycles. The molecule has 2 aromatic carbocycles. The number of nitrogens with zero attached hydrogens (tertiary/aromatic N) is 2. The maximum Gasteiger partial charge on any atom is 0.180 e. The van der Waals surface area contributed by atoms with Gasteiger partial charge in [0.2, 0.25) is 0 Å². The monoisotopic (exact) mass is 479 g/mol. The maximum absolute atomic E-state index is 13.1. The topological polar surface area (TPSA) is 75.9 Å². The molecule has 1 aliphatic heterocycles. The van der Waals surface area contributed by atoms with Gasteiger partial charge in [0.05, 0.1) is 25.8 Å². The zero-order chi connectivity index (χ0) is 25.6. The van der Waals surface area contributed by atoms with Crippen molar-refractivity contribution in [3.05, 3.63) is 53.1 Å². The molecule has 0 bridgehead atoms. The second-order valence-electron chi connectivity index (χ2n) is 10.2. The molecule has 2 aromatic rings. The van der Waals surface area contributed by atoms with Gasteiger partial charge in [0, 0.05) is 29.5 Å². The summed E-state index contributed by atoms with van der Waals surface area (Å²) in [6, 6.07) is 11.7. The Hall–Kier alpha value is -2.70. The van der Waals surface area contributed by atoms with Crippen molar-refractivity contribution in [2.24, 2.45) is 11.1 Å². The number of piperidine rings is 1. The summed E-state index contributed by atoms with van der Waals surface area (Å²) in [5.74, 6) is 0.553. The van der Waals surface area contributed by atoms with Gasteiger partial charge in [0.25, 0.3) is 0 Å². The predicted molar refractivity (Wildman–Crippen MR) is 143 cm³/mol. The van der Waals surface area contributed by atoms with Gasteiger partial charge in [-0.05, 0) is 80.1 Å². The lowest BCUT2D eigenvalue weighted by Gasteiger charge is -2.36. The SMILES string of the molecule is CCCN(c1ccc(C(=O)CN)c(OC)c1)c1ccc(C(=O)CN2CCC(C)(C)CC2)cc1CC. The normalized spacial score (nSPS) is 15.6. The molecule has 1 heterocycles. The molecule has 0 unspecified atom stereocenters. The quantitative estimate of drug-likeness (QED) is 0.444. The Morgan fingerprint density at radius 2 is 1.77 bits per heavy atom. The van der Waals surface area contributed by atoms with Crippen LogP contribution in [0.4, 0.5) is 11.4 Å². The van der Waals surface area contributed by atoms with Crippen molar-refractivity contribution >= 4 is 22.9 Å². The summed E-state index contributed by atoms with van der Waals surface area (Å²) in [6.45, 7) is 12.0. The number of carbonyl (C=O) groups is 2. The third-order valence-electron chi connectivity index (χ3n) is 7.08. The second kappa shape index (κ2) is 11.8. The van der Waals surface area contributed by atoms with Crippen LogP contribution in [0.25, 0.3) is 0 Å². The molecule has 0 radical (unpaired) electrons. The first-order valence-corrected chi connectivity index (χ1v) is 12.8. The van der Waals surface area contributed by atoms with Gasteiger partial charge < -0.3 is 15.4 Å². The van der Waals surface area contributed by atoms with E-state index in [2.05, 4.69) is 49.6 Å². The first kappa shape index (κ1) is 26.9. The molecule has 0 aromatic heterocycles. The van der Waals surface area contributed by atoms with E-state index in [1.165, 1.54) is 0 Å². The predicted octanol–water partition coefficient (Wildman–Crippen LogP) is 5.25. The number of rotatable bonds is 11. The molecule has 6 nitrogen and oxygen atoms in total. The highest BCUT2D eigenvalue weighted by Gasteiger charge is 2.26. The van der Waals surface area contributed by atoms with Crippen molar-refractivity contribution in [2.75, 3.05) is 44.7 Å². The zero-order valence-corrected chi connectivity index (χ0v) is 22.0. The van der Waals surface area contributed by atoms with E-state index in [0.29, 0.717) is 23.3 Å². The lowest BCUT2D eigenvalue weighted by Crippen LogP contribution is -2.40. The van der Waals surface area contributed by atoms with Crippen LogP contribution in [0.3, 0.4) is 0 Å². The van der Waals surface area contributed by atoms with Crippen molar-refractivity contribution in [3.8, 4) is 5.75 Å². The van der Waals surface area contributed by atoms with Crippen molar-refractivity contribution in [3.63, 3.8) is 0 Å². The van der Waals surface area contributed by atoms with Crippen LogP contribution < -0.4 is 15.4 Å². The Labute approximate surface area is 210 Å². The van der Waals surface area contributed by atoms with E-state index in [-0.39, 0.29) is 18.1 Å². The third-order valence-corrected chi connectivity index (χ3v) is 7.08. The average Bonchev–Trinajstić information content (AvgIpc) is 2.87. The number of hydrogen-bond acceptors (Lipinski definition) is 6. The van der Waals surface area contributed by atoms with Gasteiger partial charge in [-0.15, -0.1) is 0 Å². The molecular formula is C29H41N3O3. The van der Waals surface area contributed by atoms with Crippen molar-refractivity contribution < 1.29 is 14.3 Å². The van der Waals surface area contributed by atoms with Gasteiger partial charge >= 0.3 is 0 Å². The smallest absolute Gasteiger partial charge is 0.180 e. The molecule has 0 spiro atoms. The van der Waals surface area contributed by atoms with Crippen LogP contribution in [0, 0.1) is 5.41 Å². The summed E-state index contributed by atoms with van der Waals surface area (Å²) in [5.41, 5.74) is 10.4. The van der Waals surface area contributed by atoms with Crippen molar-refractivity contribution in [1.29, 1.82) is 0 Å². The number of benzene rings is 2. The largest absolute Gasteiger partial charge is 0.496 e. The molecule has 6 heteroatoms. The van der Waals surface area contributed by atoms with Gasteiger partial charge in [-0.3, -0.25) is 14.5 Å². The summed E-state index contributed by atoms with van der Waals surface area (Å²) in [5, 5.41) is 0. The Kier molecular flexibility index (Phi) is 9.09. The minimum Gasteiger partial charge on any atom is -0.496 e. The summed E-state index contributed by atoms with van der Waals surface area (Å²) >= 11 is 0. The number of likely N-dealkylation sites (tertiary alicyclic amines) is 1. The van der Waals surface area contributed by atoms with E-state index in [4.69, 9.17) is 10.5 Å². The number of anilines is 2. The van der Waals surface area contributed by atoms with Crippen LogP contribution in [0.5, 0.6) is 5.75 Å². The van der Waals surface area contributed by atoms with E-state index in [1.54, 1.807) is 13.2 Å². The minimum absolute atomic E-state index is 0.0565. The fourth-order valence-corrected chi connectivity index (χ4v) is 4.72. The molecule has 1 saturated heterocycles. The molecule has 2 N–H and O–H groups in total. The van der Waals surface area contributed by atoms with Crippen molar-refractivity contribution in [1.82, 2.24) is 4.90 Å². The summed E-state index contributed by atoms with van der Waals surface area (Å²) < 4.78 is 5.51. The highest BCUT2D eigenvalue weighted by atomic mass is 16.5. The van der Waals surface area contributed by atoms with Gasteiger partial charge in [-0.1, -0.05) is 27.7 Å². The van der Waals surface area contributed by atoms with E-state index < -0.39 is 0 Å². The van der Waals surface area contributed by atoms with Gasteiger partial charge in [-0.25, -0.2) is 0 Å². The number of hydrogen-bond donors (Lipinski definition) is 1. The van der Waals surface area contributed by atoms with E-state index in [0.717, 1.165) is 67.8 Å². The van der Waals surface area contributed by atoms with E-state index >= 15 is 0 Å². The second-order valence-corrected chi connectivity index (χ2v) is 10.2. The third kappa shape index (κ3) is 6.50. The van der Waals surface area contributed by atoms with Gasteiger partial charge in [-0.2, -0.15) is 0 Å². The van der Waals surface area contributed by atoms with Crippen LogP contribution in [0.15, 0.2) is 36.4 Å². The molecule has 0 atom stereocenters. The fourth-order valence-electron chi connectivity index (χ4n) is 4.72. The number of nitrogens with two attached hydrogens (primary N) is 1. The van der Waals surface area contributed by atoms with Crippen molar-refractivity contribution in [2.45, 2.75) is 53.4 Å². The molecule has 1 fully saturated rings. The molecule has 1 aliphatic rings. The van der Waals surface area contributed by atoms with Gasteiger partial charge in [0.1, 0.15) is 5.75 Å². The van der Waals surface area contributed by atoms with Crippen LogP contribution in [-0.2, 0) is 6.42 Å².